The lowest BCUT2D eigenvalue weighted by molar-refractivity contribution is 0.354. The van der Waals surface area contributed by atoms with Gasteiger partial charge in [0, 0.05) is 25.8 Å². The molecule has 21 heavy (non-hydrogen) atoms. The maximum Gasteiger partial charge on any atom is 0.161 e. The first-order valence-corrected chi connectivity index (χ1v) is 6.89. The minimum atomic E-state index is 0.569. The number of benzene rings is 2. The van der Waals surface area contributed by atoms with Crippen molar-refractivity contribution in [2.24, 2.45) is 5.73 Å². The Morgan fingerprint density at radius 2 is 1.52 bits per heavy atom. The van der Waals surface area contributed by atoms with Gasteiger partial charge in [-0.3, -0.25) is 0 Å². The molecule has 0 saturated heterocycles. The summed E-state index contributed by atoms with van der Waals surface area (Å²) >= 11 is 0. The molecule has 0 aliphatic heterocycles. The van der Waals surface area contributed by atoms with E-state index < -0.39 is 0 Å². The van der Waals surface area contributed by atoms with Gasteiger partial charge in [0.25, 0.3) is 0 Å². The maximum absolute atomic E-state index is 5.62. The number of hydrogen-bond donors (Lipinski definition) is 1. The molecule has 4 heteroatoms. The van der Waals surface area contributed by atoms with Gasteiger partial charge in [-0.15, -0.1) is 0 Å². The Kier molecular flexibility index (Phi) is 5.06. The van der Waals surface area contributed by atoms with Crippen LogP contribution in [-0.2, 0) is 13.1 Å². The van der Waals surface area contributed by atoms with E-state index in [4.69, 9.17) is 15.2 Å². The molecule has 0 amide bonds. The predicted molar refractivity (Wildman–Crippen MR) is 86.0 cm³/mol. The first-order chi connectivity index (χ1) is 10.2. The summed E-state index contributed by atoms with van der Waals surface area (Å²) in [6, 6.07) is 14.3. The highest BCUT2D eigenvalue weighted by Gasteiger charge is 2.07. The molecule has 0 unspecified atom stereocenters. The fraction of sp³-hybridized carbons (Fsp3) is 0.294. The number of ether oxygens (including phenoxy) is 2. The van der Waals surface area contributed by atoms with E-state index in [-0.39, 0.29) is 0 Å². The van der Waals surface area contributed by atoms with Crippen LogP contribution in [0.1, 0.15) is 11.1 Å². The lowest BCUT2D eigenvalue weighted by Crippen LogP contribution is -2.16. The van der Waals surface area contributed by atoms with Gasteiger partial charge in [0.05, 0.1) is 14.2 Å². The largest absolute Gasteiger partial charge is 0.493 e. The van der Waals surface area contributed by atoms with Gasteiger partial charge in [-0.05, 0) is 35.4 Å². The lowest BCUT2D eigenvalue weighted by atomic mass is 10.1. The van der Waals surface area contributed by atoms with Crippen LogP contribution in [0.4, 0.5) is 5.69 Å². The van der Waals surface area contributed by atoms with Gasteiger partial charge in [0.15, 0.2) is 11.5 Å². The zero-order valence-electron chi connectivity index (χ0n) is 12.8. The third-order valence-electron chi connectivity index (χ3n) is 3.48. The second kappa shape index (κ2) is 6.99. The molecule has 4 nitrogen and oxygen atoms in total. The van der Waals surface area contributed by atoms with Gasteiger partial charge in [0.2, 0.25) is 0 Å². The molecule has 0 bridgehead atoms. The van der Waals surface area contributed by atoms with Gasteiger partial charge in [-0.25, -0.2) is 0 Å². The van der Waals surface area contributed by atoms with Crippen molar-refractivity contribution in [3.63, 3.8) is 0 Å². The van der Waals surface area contributed by atoms with Crippen LogP contribution in [0.5, 0.6) is 11.5 Å². The highest BCUT2D eigenvalue weighted by Crippen LogP contribution is 2.28. The molecule has 112 valence electrons. The van der Waals surface area contributed by atoms with E-state index in [0.29, 0.717) is 6.54 Å². The molecule has 2 aromatic rings. The third kappa shape index (κ3) is 3.67. The summed E-state index contributed by atoms with van der Waals surface area (Å²) in [5.41, 5.74) is 9.08. The Morgan fingerprint density at radius 3 is 2.10 bits per heavy atom. The van der Waals surface area contributed by atoms with E-state index >= 15 is 0 Å². The van der Waals surface area contributed by atoms with Crippen LogP contribution in [0, 0.1) is 0 Å². The van der Waals surface area contributed by atoms with Crippen molar-refractivity contribution in [3.8, 4) is 11.5 Å². The van der Waals surface area contributed by atoms with Crippen molar-refractivity contribution in [3.05, 3.63) is 53.6 Å². The molecule has 0 saturated carbocycles. The van der Waals surface area contributed by atoms with E-state index in [9.17, 15) is 0 Å². The summed E-state index contributed by atoms with van der Waals surface area (Å²) in [5, 5.41) is 0. The maximum atomic E-state index is 5.62. The monoisotopic (exact) mass is 286 g/mol. The van der Waals surface area contributed by atoms with Crippen LogP contribution in [0.2, 0.25) is 0 Å². The second-order valence-corrected chi connectivity index (χ2v) is 4.92. The summed E-state index contributed by atoms with van der Waals surface area (Å²) in [4.78, 5) is 2.18. The molecule has 0 aromatic heterocycles. The van der Waals surface area contributed by atoms with Crippen molar-refractivity contribution in [1.82, 2.24) is 0 Å². The molecule has 0 atom stereocenters. The standard InChI is InChI=1S/C17H22N2O2/c1-19(15-7-4-13(11-18)5-8-15)12-14-6-9-16(20-2)17(10-14)21-3/h4-10H,11-12,18H2,1-3H3. The average Bonchev–Trinajstić information content (AvgIpc) is 2.54. The second-order valence-electron chi connectivity index (χ2n) is 4.92. The topological polar surface area (TPSA) is 47.7 Å². The smallest absolute Gasteiger partial charge is 0.161 e. The van der Waals surface area contributed by atoms with Crippen molar-refractivity contribution in [2.75, 3.05) is 26.2 Å². The van der Waals surface area contributed by atoms with E-state index in [1.807, 2.05) is 18.2 Å². The van der Waals surface area contributed by atoms with E-state index in [1.54, 1.807) is 14.2 Å². The Bertz CT molecular complexity index is 582. The molecule has 2 rings (SSSR count). The Hall–Kier alpha value is -2.20. The molecule has 0 fully saturated rings. The predicted octanol–water partition coefficient (Wildman–Crippen LogP) is 2.80. The molecular weight excluding hydrogens is 264 g/mol. The fourth-order valence-corrected chi connectivity index (χ4v) is 2.23. The van der Waals surface area contributed by atoms with Crippen molar-refractivity contribution < 1.29 is 9.47 Å². The minimum absolute atomic E-state index is 0.569. The van der Waals surface area contributed by atoms with Crippen LogP contribution in [-0.4, -0.2) is 21.3 Å². The molecule has 0 spiro atoms. The van der Waals surface area contributed by atoms with E-state index in [0.717, 1.165) is 34.9 Å². The van der Waals surface area contributed by atoms with Gasteiger partial charge in [0.1, 0.15) is 0 Å². The van der Waals surface area contributed by atoms with Gasteiger partial charge >= 0.3 is 0 Å². The summed E-state index contributed by atoms with van der Waals surface area (Å²) in [6.07, 6.45) is 0. The summed E-state index contributed by atoms with van der Waals surface area (Å²) in [6.45, 7) is 1.36. The SMILES string of the molecule is COc1ccc(CN(C)c2ccc(CN)cc2)cc1OC. The van der Waals surface area contributed by atoms with Crippen molar-refractivity contribution in [1.29, 1.82) is 0 Å². The molecule has 2 aromatic carbocycles. The Morgan fingerprint density at radius 1 is 0.905 bits per heavy atom. The zero-order valence-corrected chi connectivity index (χ0v) is 12.8. The fourth-order valence-electron chi connectivity index (χ4n) is 2.23. The normalized spacial score (nSPS) is 10.3. The van der Waals surface area contributed by atoms with Gasteiger partial charge in [-0.1, -0.05) is 18.2 Å². The highest BCUT2D eigenvalue weighted by atomic mass is 16.5. The zero-order chi connectivity index (χ0) is 15.2. The molecule has 2 N–H and O–H groups in total. The summed E-state index contributed by atoms with van der Waals surface area (Å²) in [5.74, 6) is 1.50. The Labute approximate surface area is 126 Å². The Balaban J connectivity index is 2.12. The van der Waals surface area contributed by atoms with Crippen LogP contribution in [0.15, 0.2) is 42.5 Å². The minimum Gasteiger partial charge on any atom is -0.493 e. The number of nitrogens with zero attached hydrogens (tertiary/aromatic N) is 1. The number of hydrogen-bond acceptors (Lipinski definition) is 4. The average molecular weight is 286 g/mol. The van der Waals surface area contributed by atoms with Crippen molar-refractivity contribution in [2.45, 2.75) is 13.1 Å². The molecular formula is C17H22N2O2. The quantitative estimate of drug-likeness (QED) is 0.887. The van der Waals surface area contributed by atoms with Crippen molar-refractivity contribution >= 4 is 5.69 Å². The lowest BCUT2D eigenvalue weighted by Gasteiger charge is -2.20. The van der Waals surface area contributed by atoms with Crippen LogP contribution >= 0.6 is 0 Å². The highest BCUT2D eigenvalue weighted by molar-refractivity contribution is 5.49. The molecule has 0 aliphatic carbocycles. The number of nitrogens with two attached hydrogens (primary N) is 1. The molecule has 0 heterocycles. The number of rotatable bonds is 6. The molecule has 0 radical (unpaired) electrons. The van der Waals surface area contributed by atoms with E-state index in [1.165, 1.54) is 0 Å². The van der Waals surface area contributed by atoms with Crippen LogP contribution < -0.4 is 20.1 Å². The number of methoxy groups -OCH3 is 2. The van der Waals surface area contributed by atoms with Gasteiger partial charge < -0.3 is 20.1 Å². The van der Waals surface area contributed by atoms with Gasteiger partial charge in [-0.2, -0.15) is 0 Å². The molecule has 0 aliphatic rings. The first-order valence-electron chi connectivity index (χ1n) is 6.89. The van der Waals surface area contributed by atoms with Crippen LogP contribution in [0.3, 0.4) is 0 Å². The summed E-state index contributed by atoms with van der Waals surface area (Å²) in [7, 11) is 5.35. The van der Waals surface area contributed by atoms with E-state index in [2.05, 4.69) is 36.2 Å². The first kappa shape index (κ1) is 15.2. The third-order valence-corrected chi connectivity index (χ3v) is 3.48. The summed E-state index contributed by atoms with van der Waals surface area (Å²) < 4.78 is 10.6. The van der Waals surface area contributed by atoms with Crippen LogP contribution in [0.25, 0.3) is 0 Å². The number of anilines is 1.